The van der Waals surface area contributed by atoms with Gasteiger partial charge in [0.1, 0.15) is 6.71 Å². The van der Waals surface area contributed by atoms with Crippen molar-refractivity contribution in [1.29, 1.82) is 0 Å². The first-order chi connectivity index (χ1) is 9.45. The largest absolute Gasteiger partial charge is 0.364 e. The standard InChI is InChI=1S/C18H11B.47Y/c1-4-10-16(11-5-1)19(17-12-6-2-7-13-17)18-14-8-3-9-15-18;;;;;;;;;;;;;;;;;;;;;;;;;;;;;;;;;;;;;;;;;;;;;;;/h1-10,12H;;;;;;;;;;;;;;;;;;;;;;;;;;;;;;;;;;;;;;;;;;;;;;;/q-4;;;;;;;;;;;;;;;;;;;;;;;;;;;;;;;;;;;;;;;;;;;;;;;. The van der Waals surface area contributed by atoms with Crippen molar-refractivity contribution in [2.45, 2.75) is 0 Å². The second-order valence-corrected chi connectivity index (χ2v) is 4.30. The molecule has 0 bridgehead atoms. The Morgan fingerprint density at radius 2 is 0.333 bits per heavy atom. The number of hydrogen-bond donors (Lipinski definition) is 0. The maximum absolute atomic E-state index is 3.31. The van der Waals surface area contributed by atoms with Crippen LogP contribution < -0.4 is 16.4 Å². The van der Waals surface area contributed by atoms with Crippen LogP contribution in [0.25, 0.3) is 0 Å². The van der Waals surface area contributed by atoms with E-state index in [9.17, 15) is 0 Å². The van der Waals surface area contributed by atoms with Crippen LogP contribution in [-0.4, -0.2) is 6.71 Å². The zero-order valence-electron chi connectivity index (χ0n) is 37.6. The first-order valence-corrected chi connectivity index (χ1v) is 6.26. The molecule has 3 aromatic rings. The summed E-state index contributed by atoms with van der Waals surface area (Å²) >= 11 is 0. The van der Waals surface area contributed by atoms with Crippen molar-refractivity contribution in [1.82, 2.24) is 0 Å². The van der Waals surface area contributed by atoms with Crippen LogP contribution in [0.3, 0.4) is 0 Å². The van der Waals surface area contributed by atoms with Gasteiger partial charge in [0.05, 0.1) is 0 Å². The summed E-state index contributed by atoms with van der Waals surface area (Å²) in [5, 5.41) is 0. The van der Waals surface area contributed by atoms with E-state index in [0.717, 1.165) is 16.4 Å². The summed E-state index contributed by atoms with van der Waals surface area (Å²) < 4.78 is 0. The number of benzene rings is 3. The van der Waals surface area contributed by atoms with E-state index in [2.05, 4.69) is 36.4 Å². The van der Waals surface area contributed by atoms with Gasteiger partial charge >= 0.3 is 0 Å². The Labute approximate surface area is 1590 Å². The molecule has 48 heteroatoms. The predicted molar refractivity (Wildman–Crippen MR) is 79.3 cm³/mol. The molecule has 66 heavy (non-hydrogen) atoms. The van der Waals surface area contributed by atoms with Crippen LogP contribution in [-0.2, 0) is 1540 Å². The molecule has 0 nitrogen and oxygen atoms in total. The van der Waals surface area contributed by atoms with Gasteiger partial charge in [-0.25, -0.2) is 0 Å². The second kappa shape index (κ2) is 252. The van der Waals surface area contributed by atoms with Gasteiger partial charge in [0.2, 0.25) is 0 Å². The Kier molecular flexibility index (Phi) is 1160. The molecule has 0 saturated heterocycles. The van der Waals surface area contributed by atoms with Crippen LogP contribution in [0.4, 0.5) is 0 Å². The first kappa shape index (κ1) is 305. The molecule has 0 aliphatic carbocycles. The minimum Gasteiger partial charge on any atom is -0.364 e. The van der Waals surface area contributed by atoms with Crippen LogP contribution in [0.15, 0.2) is 66.7 Å². The van der Waals surface area contributed by atoms with Crippen LogP contribution in [0.5, 0.6) is 0 Å². The summed E-state index contributed by atoms with van der Waals surface area (Å²) in [4.78, 5) is 0. The Balaban J connectivity index is -0.00000000218. The fourth-order valence-electron chi connectivity index (χ4n) is 2.18. The smallest absolute Gasteiger partial charge is 0.140 e. The van der Waals surface area contributed by atoms with Gasteiger partial charge in [0, 0.05) is 1540 Å². The van der Waals surface area contributed by atoms with E-state index in [1.807, 2.05) is 54.6 Å². The minimum atomic E-state index is 0. The zero-order chi connectivity index (χ0) is 12.9. The molecule has 0 saturated carbocycles. The van der Waals surface area contributed by atoms with Crippen LogP contribution in [0, 0.1) is 24.3 Å². The Hall–Kier alpha value is 49.6. The molecule has 47 radical (unpaired) electrons. The van der Waals surface area contributed by atoms with Crippen molar-refractivity contribution < 1.29 is 1540 Å². The Morgan fingerprint density at radius 1 is 0.182 bits per heavy atom. The van der Waals surface area contributed by atoms with E-state index in [1.54, 1.807) is 0 Å². The van der Waals surface area contributed by atoms with Crippen molar-refractivity contribution in [3.05, 3.63) is 91.0 Å². The van der Waals surface area contributed by atoms with Crippen molar-refractivity contribution in [3.8, 4) is 0 Å². The molecule has 0 spiro atoms. The van der Waals surface area contributed by atoms with Gasteiger partial charge in [0.25, 0.3) is 0 Å². The van der Waals surface area contributed by atoms with Crippen LogP contribution in [0.1, 0.15) is 0 Å². The molecule has 0 aliphatic rings. The molecule has 231 valence electrons. The third-order valence-electron chi connectivity index (χ3n) is 3.05. The van der Waals surface area contributed by atoms with E-state index in [-0.39, 0.29) is 1540 Å². The van der Waals surface area contributed by atoms with Crippen molar-refractivity contribution in [2.24, 2.45) is 0 Å². The molecule has 0 amide bonds. The number of hydrogen-bond acceptors (Lipinski definition) is 0. The molecule has 0 atom stereocenters. The van der Waals surface area contributed by atoms with Gasteiger partial charge in [0.15, 0.2) is 0 Å². The monoisotopic (exact) mass is 4420 g/mol. The third kappa shape index (κ3) is 197. The summed E-state index contributed by atoms with van der Waals surface area (Å²) in [5.41, 5.74) is 3.25. The minimum absolute atomic E-state index is 0. The van der Waals surface area contributed by atoms with Crippen molar-refractivity contribution in [3.63, 3.8) is 0 Å². The van der Waals surface area contributed by atoms with Crippen molar-refractivity contribution >= 4 is 23.1 Å². The SMILES string of the molecule is [Y].[Y].[Y].[Y].[Y].[Y].[Y].[Y].[Y].[Y].[Y].[Y].[Y].[Y].[Y].[Y].[Y].[Y].[Y].[Y].[Y].[Y].[Y].[Y].[Y].[Y].[Y].[Y].[Y].[Y].[Y].[Y].[Y].[Y].[Y].[Y].[Y].[Y].[Y].[Y].[Y].[Y].[Y].[Y].[Y].[Y].[Y].[c-]1ccc[c-]c1B(c1[c-]cccc1)c1[c-]cccc1. The summed E-state index contributed by atoms with van der Waals surface area (Å²) in [7, 11) is 0. The Morgan fingerprint density at radius 3 is 0.470 bits per heavy atom. The molecule has 0 aromatic heterocycles. The molecule has 3 aromatic carbocycles. The maximum Gasteiger partial charge on any atom is 0.140 e. The molecular weight excluding hydrogens is 4410 g/mol. The van der Waals surface area contributed by atoms with E-state index < -0.39 is 0 Å². The molecule has 0 fully saturated rings. The average Bonchev–Trinajstić information content (AvgIpc) is 2.51. The fraction of sp³-hybridized carbons (Fsp3) is 0. The van der Waals surface area contributed by atoms with Gasteiger partial charge in [-0.3, -0.25) is 18.2 Å². The van der Waals surface area contributed by atoms with E-state index in [0.29, 0.717) is 0 Å². The summed E-state index contributed by atoms with van der Waals surface area (Å²) in [6.07, 6.45) is 0. The van der Waals surface area contributed by atoms with Crippen LogP contribution in [0.2, 0.25) is 0 Å². The van der Waals surface area contributed by atoms with Crippen molar-refractivity contribution in [2.75, 3.05) is 0 Å². The normalized spacial score (nSPS) is 2.91. The van der Waals surface area contributed by atoms with Gasteiger partial charge in [-0.1, -0.05) is 0 Å². The third-order valence-corrected chi connectivity index (χ3v) is 3.05. The van der Waals surface area contributed by atoms with E-state index in [1.165, 1.54) is 0 Å². The second-order valence-electron chi connectivity index (χ2n) is 4.30. The quantitative estimate of drug-likeness (QED) is 0.275. The summed E-state index contributed by atoms with van der Waals surface area (Å²) in [6.45, 7) is 0.0867. The fourth-order valence-corrected chi connectivity index (χ4v) is 2.18. The van der Waals surface area contributed by atoms with E-state index >= 15 is 0 Å². The maximum atomic E-state index is 3.31. The number of rotatable bonds is 3. The summed E-state index contributed by atoms with van der Waals surface area (Å²) in [6, 6.07) is 35.0. The van der Waals surface area contributed by atoms with Crippen LogP contribution >= 0.6 is 0 Å². The van der Waals surface area contributed by atoms with Gasteiger partial charge in [-0.05, 0) is 0 Å². The molecule has 0 aliphatic heterocycles. The molecular formula is C18H11BY47-4. The van der Waals surface area contributed by atoms with E-state index in [4.69, 9.17) is 0 Å². The molecule has 0 heterocycles. The van der Waals surface area contributed by atoms with Gasteiger partial charge in [-0.15, -0.1) is 0 Å². The van der Waals surface area contributed by atoms with Gasteiger partial charge < -0.3 is 17.6 Å². The molecule has 3 rings (SSSR count). The molecule has 0 N–H and O–H groups in total. The Bertz CT molecular complexity index is 581. The topological polar surface area (TPSA) is 0 Å². The zero-order valence-corrected chi connectivity index (χ0v) is 171. The predicted octanol–water partition coefficient (Wildman–Crippen LogP) is 1.29. The van der Waals surface area contributed by atoms with Gasteiger partial charge in [-0.2, -0.15) is 71.6 Å². The molecule has 0 unspecified atom stereocenters. The summed E-state index contributed by atoms with van der Waals surface area (Å²) in [5.74, 6) is 0. The first-order valence-electron chi connectivity index (χ1n) is 6.26. The average molecular weight is 4420 g/mol.